The first kappa shape index (κ1) is 22.9. The van der Waals surface area contributed by atoms with E-state index >= 15 is 0 Å². The van der Waals surface area contributed by atoms with Crippen LogP contribution in [0.2, 0.25) is 0 Å². The summed E-state index contributed by atoms with van der Waals surface area (Å²) in [6, 6.07) is 17.1. The molecule has 3 aromatic rings. The minimum absolute atomic E-state index is 0.137. The van der Waals surface area contributed by atoms with Crippen molar-refractivity contribution in [3.05, 3.63) is 72.7 Å². The summed E-state index contributed by atoms with van der Waals surface area (Å²) >= 11 is 0. The molecule has 2 aromatic carbocycles. The standard InChI is InChI=1S/C25H26N4O5/c1-3-33-19-12-10-18(11-13-19)26-25(32)29-17-24(31)28(21-8-4-5-9-22(21)29)16-23(30)27(2)15-20-7-6-14-34-20/h4-14H,3,15-17H2,1-2H3,(H,26,32). The molecule has 34 heavy (non-hydrogen) atoms. The van der Waals surface area contributed by atoms with Crippen molar-refractivity contribution in [3.8, 4) is 5.75 Å². The Balaban J connectivity index is 1.48. The molecule has 0 spiro atoms. The maximum absolute atomic E-state index is 13.0. The predicted octanol–water partition coefficient (Wildman–Crippen LogP) is 3.72. The van der Waals surface area contributed by atoms with Crippen LogP contribution in [0.1, 0.15) is 12.7 Å². The van der Waals surface area contributed by atoms with Crippen molar-refractivity contribution in [3.63, 3.8) is 0 Å². The molecule has 1 aliphatic heterocycles. The lowest BCUT2D eigenvalue weighted by atomic mass is 10.1. The van der Waals surface area contributed by atoms with E-state index in [-0.39, 0.29) is 24.9 Å². The number of carbonyl (C=O) groups is 3. The van der Waals surface area contributed by atoms with Gasteiger partial charge in [0.2, 0.25) is 11.8 Å². The fraction of sp³-hybridized carbons (Fsp3) is 0.240. The minimum atomic E-state index is -0.439. The molecule has 0 saturated heterocycles. The summed E-state index contributed by atoms with van der Waals surface area (Å²) in [5.41, 5.74) is 1.63. The highest BCUT2D eigenvalue weighted by Gasteiger charge is 2.34. The molecular weight excluding hydrogens is 436 g/mol. The summed E-state index contributed by atoms with van der Waals surface area (Å²) in [6.07, 6.45) is 1.55. The van der Waals surface area contributed by atoms with Crippen LogP contribution in [0.5, 0.6) is 5.75 Å². The zero-order valence-electron chi connectivity index (χ0n) is 19.1. The number of ether oxygens (including phenoxy) is 1. The van der Waals surface area contributed by atoms with Crippen LogP contribution in [0.4, 0.5) is 21.9 Å². The zero-order valence-corrected chi connectivity index (χ0v) is 19.1. The second-order valence-electron chi connectivity index (χ2n) is 7.77. The molecule has 2 heterocycles. The molecule has 1 N–H and O–H groups in total. The Labute approximate surface area is 197 Å². The van der Waals surface area contributed by atoms with Crippen molar-refractivity contribution >= 4 is 34.9 Å². The second kappa shape index (κ2) is 10.1. The highest BCUT2D eigenvalue weighted by atomic mass is 16.5. The molecule has 4 amide bonds. The number of hydrogen-bond donors (Lipinski definition) is 1. The maximum atomic E-state index is 13.0. The molecule has 9 heteroatoms. The van der Waals surface area contributed by atoms with E-state index in [1.807, 2.05) is 6.92 Å². The number of para-hydroxylation sites is 2. The van der Waals surface area contributed by atoms with E-state index in [2.05, 4.69) is 5.32 Å². The number of urea groups is 1. The summed E-state index contributed by atoms with van der Waals surface area (Å²) in [7, 11) is 1.65. The largest absolute Gasteiger partial charge is 0.494 e. The second-order valence-corrected chi connectivity index (χ2v) is 7.77. The summed E-state index contributed by atoms with van der Waals surface area (Å²) in [5.74, 6) is 0.766. The number of nitrogens with one attached hydrogen (secondary N) is 1. The Bertz CT molecular complexity index is 1160. The molecule has 9 nitrogen and oxygen atoms in total. The van der Waals surface area contributed by atoms with Crippen molar-refractivity contribution in [1.82, 2.24) is 4.90 Å². The number of likely N-dealkylation sites (N-methyl/N-ethyl adjacent to an activating group) is 1. The fourth-order valence-corrected chi connectivity index (χ4v) is 3.69. The molecule has 1 aromatic heterocycles. The van der Waals surface area contributed by atoms with Crippen LogP contribution in [-0.2, 0) is 16.1 Å². The highest BCUT2D eigenvalue weighted by molar-refractivity contribution is 6.15. The van der Waals surface area contributed by atoms with Crippen LogP contribution in [0.3, 0.4) is 0 Å². The fourth-order valence-electron chi connectivity index (χ4n) is 3.69. The van der Waals surface area contributed by atoms with Gasteiger partial charge in [-0.3, -0.25) is 19.4 Å². The molecule has 0 atom stereocenters. The molecule has 0 fully saturated rings. The smallest absolute Gasteiger partial charge is 0.326 e. The summed E-state index contributed by atoms with van der Waals surface area (Å²) in [4.78, 5) is 43.1. The maximum Gasteiger partial charge on any atom is 0.326 e. The van der Waals surface area contributed by atoms with Gasteiger partial charge in [-0.15, -0.1) is 0 Å². The monoisotopic (exact) mass is 462 g/mol. The Hall–Kier alpha value is -4.27. The number of anilines is 3. The van der Waals surface area contributed by atoms with E-state index in [1.165, 1.54) is 14.7 Å². The molecule has 0 unspecified atom stereocenters. The van der Waals surface area contributed by atoms with Crippen molar-refractivity contribution in [1.29, 1.82) is 0 Å². The van der Waals surface area contributed by atoms with Gasteiger partial charge in [0.1, 0.15) is 24.6 Å². The third-order valence-electron chi connectivity index (χ3n) is 5.41. The number of rotatable bonds is 7. The van der Waals surface area contributed by atoms with Gasteiger partial charge in [-0.1, -0.05) is 12.1 Å². The van der Waals surface area contributed by atoms with Crippen LogP contribution in [-0.4, -0.2) is 49.5 Å². The summed E-state index contributed by atoms with van der Waals surface area (Å²) in [6.45, 7) is 2.42. The lowest BCUT2D eigenvalue weighted by Crippen LogP contribution is -2.52. The quantitative estimate of drug-likeness (QED) is 0.577. The van der Waals surface area contributed by atoms with E-state index in [4.69, 9.17) is 9.15 Å². The first-order valence-corrected chi connectivity index (χ1v) is 10.9. The first-order chi connectivity index (χ1) is 16.5. The molecular formula is C25H26N4O5. The van der Waals surface area contributed by atoms with Gasteiger partial charge in [0, 0.05) is 12.7 Å². The molecule has 0 saturated carbocycles. The zero-order chi connectivity index (χ0) is 24.1. The van der Waals surface area contributed by atoms with Crippen LogP contribution in [0.15, 0.2) is 71.3 Å². The normalized spacial score (nSPS) is 12.8. The number of furan rings is 1. The molecule has 4 rings (SSSR count). The number of carbonyl (C=O) groups excluding carboxylic acids is 3. The van der Waals surface area contributed by atoms with Crippen LogP contribution in [0.25, 0.3) is 0 Å². The van der Waals surface area contributed by atoms with Crippen LogP contribution >= 0.6 is 0 Å². The third kappa shape index (κ3) is 5.03. The average molecular weight is 463 g/mol. The van der Waals surface area contributed by atoms with Gasteiger partial charge in [-0.25, -0.2) is 4.79 Å². The third-order valence-corrected chi connectivity index (χ3v) is 5.41. The van der Waals surface area contributed by atoms with Gasteiger partial charge in [0.15, 0.2) is 0 Å². The van der Waals surface area contributed by atoms with Gasteiger partial charge in [0.05, 0.1) is 30.8 Å². The Morgan fingerprint density at radius 2 is 1.79 bits per heavy atom. The predicted molar refractivity (Wildman–Crippen MR) is 128 cm³/mol. The van der Waals surface area contributed by atoms with Gasteiger partial charge >= 0.3 is 6.03 Å². The Morgan fingerprint density at radius 1 is 1.06 bits per heavy atom. The first-order valence-electron chi connectivity index (χ1n) is 10.9. The molecule has 0 aliphatic carbocycles. The minimum Gasteiger partial charge on any atom is -0.494 e. The van der Waals surface area contributed by atoms with E-state index in [0.717, 1.165) is 0 Å². The SMILES string of the molecule is CCOc1ccc(NC(=O)N2CC(=O)N(CC(=O)N(C)Cc3ccco3)c3ccccc32)cc1. The van der Waals surface area contributed by atoms with E-state index in [9.17, 15) is 14.4 Å². The van der Waals surface area contributed by atoms with E-state index in [0.29, 0.717) is 41.7 Å². The van der Waals surface area contributed by atoms with Crippen molar-refractivity contribution in [2.45, 2.75) is 13.5 Å². The number of fused-ring (bicyclic) bond motifs is 1. The number of benzene rings is 2. The average Bonchev–Trinajstić information content (AvgIpc) is 3.35. The number of amides is 4. The number of nitrogens with zero attached hydrogens (tertiary/aromatic N) is 3. The Morgan fingerprint density at radius 3 is 2.47 bits per heavy atom. The molecule has 1 aliphatic rings. The van der Waals surface area contributed by atoms with Gasteiger partial charge in [-0.05, 0) is 55.5 Å². The highest BCUT2D eigenvalue weighted by Crippen LogP contribution is 2.34. The lowest BCUT2D eigenvalue weighted by molar-refractivity contribution is -0.130. The van der Waals surface area contributed by atoms with Gasteiger partial charge in [-0.2, -0.15) is 0 Å². The van der Waals surface area contributed by atoms with Crippen molar-refractivity contribution in [2.24, 2.45) is 0 Å². The van der Waals surface area contributed by atoms with E-state index in [1.54, 1.807) is 74.0 Å². The molecule has 0 radical (unpaired) electrons. The Kier molecular flexibility index (Phi) is 6.82. The number of hydrogen-bond acceptors (Lipinski definition) is 5. The molecule has 176 valence electrons. The van der Waals surface area contributed by atoms with Crippen molar-refractivity contribution < 1.29 is 23.5 Å². The van der Waals surface area contributed by atoms with Gasteiger partial charge in [0.25, 0.3) is 0 Å². The van der Waals surface area contributed by atoms with Crippen molar-refractivity contribution in [2.75, 3.05) is 41.9 Å². The van der Waals surface area contributed by atoms with E-state index < -0.39 is 6.03 Å². The summed E-state index contributed by atoms with van der Waals surface area (Å²) in [5, 5.41) is 2.82. The molecule has 0 bridgehead atoms. The topological polar surface area (TPSA) is 95.3 Å². The van der Waals surface area contributed by atoms with Crippen LogP contribution < -0.4 is 19.9 Å². The summed E-state index contributed by atoms with van der Waals surface area (Å²) < 4.78 is 10.7. The van der Waals surface area contributed by atoms with Crippen LogP contribution in [0, 0.1) is 0 Å². The van der Waals surface area contributed by atoms with Gasteiger partial charge < -0.3 is 19.4 Å². The lowest BCUT2D eigenvalue weighted by Gasteiger charge is -2.36.